The van der Waals surface area contributed by atoms with Crippen LogP contribution in [0.1, 0.15) is 12.8 Å². The Morgan fingerprint density at radius 1 is 1.55 bits per heavy atom. The van der Waals surface area contributed by atoms with Gasteiger partial charge in [0.1, 0.15) is 6.61 Å². The minimum atomic E-state index is -1.07. The van der Waals surface area contributed by atoms with Crippen LogP contribution in [0.5, 0.6) is 5.75 Å². The van der Waals surface area contributed by atoms with E-state index in [9.17, 15) is 19.3 Å². The van der Waals surface area contributed by atoms with Crippen LogP contribution in [-0.2, 0) is 9.53 Å². The standard InChI is InChI=1S/C12H12FNO6/c13-8-2-1-3-9(14(17)18)11(8)19-6-7-4-5-10(20-7)12(15)16/h1-3,7,10H,4-6H2,(H,15,16). The summed E-state index contributed by atoms with van der Waals surface area (Å²) in [5.41, 5.74) is -0.474. The third kappa shape index (κ3) is 3.02. The predicted molar refractivity (Wildman–Crippen MR) is 64.1 cm³/mol. The molecule has 0 aromatic heterocycles. The number of para-hydroxylation sites is 1. The van der Waals surface area contributed by atoms with Crippen molar-refractivity contribution in [1.82, 2.24) is 0 Å². The van der Waals surface area contributed by atoms with Crippen molar-refractivity contribution < 1.29 is 28.7 Å². The number of aliphatic carboxylic acids is 1. The Labute approximate surface area is 113 Å². The highest BCUT2D eigenvalue weighted by atomic mass is 19.1. The SMILES string of the molecule is O=C(O)C1CCC(COc2c(F)cccc2[N+](=O)[O-])O1. The highest BCUT2D eigenvalue weighted by molar-refractivity contribution is 5.72. The largest absolute Gasteiger partial charge is 0.482 e. The summed E-state index contributed by atoms with van der Waals surface area (Å²) in [6.07, 6.45) is -0.642. The first-order valence-corrected chi connectivity index (χ1v) is 5.93. The van der Waals surface area contributed by atoms with Gasteiger partial charge in [-0.05, 0) is 18.9 Å². The number of rotatable bonds is 5. The van der Waals surface area contributed by atoms with E-state index >= 15 is 0 Å². The first-order chi connectivity index (χ1) is 9.49. The van der Waals surface area contributed by atoms with E-state index in [0.717, 1.165) is 12.1 Å². The Morgan fingerprint density at radius 2 is 2.30 bits per heavy atom. The van der Waals surface area contributed by atoms with E-state index in [0.29, 0.717) is 12.8 Å². The Kier molecular flexibility index (Phi) is 4.14. The molecule has 1 aromatic rings. The topological polar surface area (TPSA) is 98.9 Å². The average Bonchev–Trinajstić information content (AvgIpc) is 2.86. The molecule has 0 spiro atoms. The Bertz CT molecular complexity index is 535. The minimum Gasteiger partial charge on any atom is -0.482 e. The van der Waals surface area contributed by atoms with Gasteiger partial charge in [0, 0.05) is 6.07 Å². The lowest BCUT2D eigenvalue weighted by Crippen LogP contribution is -2.24. The van der Waals surface area contributed by atoms with E-state index in [1.165, 1.54) is 6.07 Å². The molecule has 0 amide bonds. The number of halogens is 1. The fourth-order valence-electron chi connectivity index (χ4n) is 1.97. The van der Waals surface area contributed by atoms with Crippen molar-refractivity contribution in [2.75, 3.05) is 6.61 Å². The maximum Gasteiger partial charge on any atom is 0.332 e. The molecule has 1 aliphatic rings. The number of nitrogens with zero attached hydrogens (tertiary/aromatic N) is 1. The first-order valence-electron chi connectivity index (χ1n) is 5.93. The highest BCUT2D eigenvalue weighted by Crippen LogP contribution is 2.30. The number of carboxylic acid groups (broad SMARTS) is 1. The molecule has 1 aromatic carbocycles. The molecule has 1 heterocycles. The number of ether oxygens (including phenoxy) is 2. The zero-order valence-electron chi connectivity index (χ0n) is 10.3. The Morgan fingerprint density at radius 3 is 2.90 bits per heavy atom. The summed E-state index contributed by atoms with van der Waals surface area (Å²) in [6, 6.07) is 3.40. The maximum atomic E-state index is 13.5. The van der Waals surface area contributed by atoms with Crippen molar-refractivity contribution in [3.05, 3.63) is 34.1 Å². The van der Waals surface area contributed by atoms with Crippen LogP contribution in [0, 0.1) is 15.9 Å². The van der Waals surface area contributed by atoms with Crippen LogP contribution in [0.15, 0.2) is 18.2 Å². The van der Waals surface area contributed by atoms with Gasteiger partial charge in [-0.25, -0.2) is 9.18 Å². The van der Waals surface area contributed by atoms with Gasteiger partial charge in [0.05, 0.1) is 11.0 Å². The van der Waals surface area contributed by atoms with Crippen molar-refractivity contribution in [2.24, 2.45) is 0 Å². The van der Waals surface area contributed by atoms with E-state index in [4.69, 9.17) is 14.6 Å². The van der Waals surface area contributed by atoms with E-state index in [1.54, 1.807) is 0 Å². The molecule has 2 unspecified atom stereocenters. The van der Waals surface area contributed by atoms with E-state index in [1.807, 2.05) is 0 Å². The molecule has 2 rings (SSSR count). The summed E-state index contributed by atoms with van der Waals surface area (Å²) in [5.74, 6) is -2.36. The second-order valence-electron chi connectivity index (χ2n) is 4.32. The number of carboxylic acids is 1. The number of hydrogen-bond donors (Lipinski definition) is 1. The van der Waals surface area contributed by atoms with Gasteiger partial charge in [-0.15, -0.1) is 0 Å². The lowest BCUT2D eigenvalue weighted by atomic mass is 10.2. The predicted octanol–water partition coefficient (Wildman–Crippen LogP) is 1.74. The molecule has 0 saturated carbocycles. The Hall–Kier alpha value is -2.22. The van der Waals surface area contributed by atoms with Gasteiger partial charge in [0.15, 0.2) is 11.9 Å². The first kappa shape index (κ1) is 14.2. The van der Waals surface area contributed by atoms with Crippen molar-refractivity contribution >= 4 is 11.7 Å². The minimum absolute atomic E-state index is 0.133. The molecule has 8 heteroatoms. The summed E-state index contributed by atoms with van der Waals surface area (Å²) in [4.78, 5) is 20.7. The molecule has 0 bridgehead atoms. The van der Waals surface area contributed by atoms with Crippen LogP contribution in [0.3, 0.4) is 0 Å². The lowest BCUT2D eigenvalue weighted by molar-refractivity contribution is -0.386. The molecule has 0 radical (unpaired) electrons. The number of benzene rings is 1. The van der Waals surface area contributed by atoms with Gasteiger partial charge >= 0.3 is 11.7 Å². The van der Waals surface area contributed by atoms with Gasteiger partial charge in [0.25, 0.3) is 0 Å². The molecular formula is C12H12FNO6. The molecular weight excluding hydrogens is 273 g/mol. The van der Waals surface area contributed by atoms with Gasteiger partial charge in [-0.2, -0.15) is 0 Å². The normalized spacial score (nSPS) is 21.6. The smallest absolute Gasteiger partial charge is 0.332 e. The van der Waals surface area contributed by atoms with Gasteiger partial charge in [-0.1, -0.05) is 6.07 Å². The summed E-state index contributed by atoms with van der Waals surface area (Å²) in [5, 5.41) is 19.5. The van der Waals surface area contributed by atoms with Crippen LogP contribution in [0.4, 0.5) is 10.1 Å². The highest BCUT2D eigenvalue weighted by Gasteiger charge is 2.31. The lowest BCUT2D eigenvalue weighted by Gasteiger charge is -2.13. The number of nitro benzene ring substituents is 1. The molecule has 108 valence electrons. The second-order valence-corrected chi connectivity index (χ2v) is 4.32. The van der Waals surface area contributed by atoms with E-state index < -0.39 is 40.4 Å². The monoisotopic (exact) mass is 285 g/mol. The zero-order chi connectivity index (χ0) is 14.7. The van der Waals surface area contributed by atoms with Crippen molar-refractivity contribution in [2.45, 2.75) is 25.0 Å². The van der Waals surface area contributed by atoms with Crippen LogP contribution >= 0.6 is 0 Å². The quantitative estimate of drug-likeness (QED) is 0.653. The summed E-state index contributed by atoms with van der Waals surface area (Å²) >= 11 is 0. The van der Waals surface area contributed by atoms with Gasteiger partial charge < -0.3 is 14.6 Å². The molecule has 2 atom stereocenters. The van der Waals surface area contributed by atoms with Crippen molar-refractivity contribution in [1.29, 1.82) is 0 Å². The van der Waals surface area contributed by atoms with Crippen LogP contribution < -0.4 is 4.74 Å². The van der Waals surface area contributed by atoms with Crippen LogP contribution in [0.2, 0.25) is 0 Å². The molecule has 1 fully saturated rings. The third-order valence-corrected chi connectivity index (χ3v) is 2.94. The third-order valence-electron chi connectivity index (χ3n) is 2.94. The molecule has 7 nitrogen and oxygen atoms in total. The Balaban J connectivity index is 2.01. The second kappa shape index (κ2) is 5.83. The molecule has 1 saturated heterocycles. The number of nitro groups is 1. The molecule has 1 N–H and O–H groups in total. The van der Waals surface area contributed by atoms with Gasteiger partial charge in [-0.3, -0.25) is 10.1 Å². The molecule has 20 heavy (non-hydrogen) atoms. The van der Waals surface area contributed by atoms with Crippen LogP contribution in [0.25, 0.3) is 0 Å². The fourth-order valence-corrected chi connectivity index (χ4v) is 1.97. The molecule has 1 aliphatic heterocycles. The number of carbonyl (C=O) groups is 1. The van der Waals surface area contributed by atoms with E-state index in [-0.39, 0.29) is 6.61 Å². The van der Waals surface area contributed by atoms with Crippen LogP contribution in [-0.4, -0.2) is 34.8 Å². The summed E-state index contributed by atoms with van der Waals surface area (Å²) in [7, 11) is 0. The fraction of sp³-hybridized carbons (Fsp3) is 0.417. The summed E-state index contributed by atoms with van der Waals surface area (Å²) in [6.45, 7) is -0.133. The van der Waals surface area contributed by atoms with Crippen molar-refractivity contribution in [3.63, 3.8) is 0 Å². The summed E-state index contributed by atoms with van der Waals surface area (Å²) < 4.78 is 23.8. The average molecular weight is 285 g/mol. The van der Waals surface area contributed by atoms with E-state index in [2.05, 4.69) is 0 Å². The maximum absolute atomic E-state index is 13.5. The zero-order valence-corrected chi connectivity index (χ0v) is 10.3. The van der Waals surface area contributed by atoms with Crippen molar-refractivity contribution in [3.8, 4) is 5.75 Å². The number of hydrogen-bond acceptors (Lipinski definition) is 5. The molecule has 0 aliphatic carbocycles. The van der Waals surface area contributed by atoms with Gasteiger partial charge in [0.2, 0.25) is 5.75 Å².